The predicted molar refractivity (Wildman–Crippen MR) is 66.6 cm³/mol. The van der Waals surface area contributed by atoms with E-state index in [0.29, 0.717) is 6.04 Å². The van der Waals surface area contributed by atoms with Crippen molar-refractivity contribution in [2.24, 2.45) is 0 Å². The molecule has 0 saturated heterocycles. The van der Waals surface area contributed by atoms with E-state index < -0.39 is 0 Å². The first kappa shape index (κ1) is 11.6. The highest BCUT2D eigenvalue weighted by Crippen LogP contribution is 2.36. The first-order valence-electron chi connectivity index (χ1n) is 6.45. The van der Waals surface area contributed by atoms with E-state index in [1.165, 1.54) is 36.9 Å². The fourth-order valence-corrected chi connectivity index (χ4v) is 2.79. The van der Waals surface area contributed by atoms with Crippen LogP contribution in [0, 0.1) is 0 Å². The van der Waals surface area contributed by atoms with Gasteiger partial charge in [-0.1, -0.05) is 12.8 Å². The molecule has 1 aliphatic rings. The maximum Gasteiger partial charge on any atom is 0.0537 e. The van der Waals surface area contributed by atoms with Crippen molar-refractivity contribution in [3.63, 3.8) is 0 Å². The van der Waals surface area contributed by atoms with E-state index in [1.807, 2.05) is 13.2 Å². The van der Waals surface area contributed by atoms with Crippen molar-refractivity contribution in [2.75, 3.05) is 7.05 Å². The van der Waals surface area contributed by atoms with Crippen LogP contribution in [0.5, 0.6) is 0 Å². The maximum atomic E-state index is 4.56. The maximum absolute atomic E-state index is 4.56. The van der Waals surface area contributed by atoms with Crippen LogP contribution in [0.3, 0.4) is 0 Å². The van der Waals surface area contributed by atoms with E-state index >= 15 is 0 Å². The zero-order valence-corrected chi connectivity index (χ0v) is 10.7. The molecule has 3 nitrogen and oxygen atoms in total. The smallest absolute Gasteiger partial charge is 0.0537 e. The third-order valence-electron chi connectivity index (χ3n) is 3.51. The van der Waals surface area contributed by atoms with Crippen molar-refractivity contribution in [2.45, 2.75) is 58.0 Å². The van der Waals surface area contributed by atoms with Crippen LogP contribution in [0.25, 0.3) is 0 Å². The van der Waals surface area contributed by atoms with Crippen LogP contribution in [0.4, 0.5) is 0 Å². The summed E-state index contributed by atoms with van der Waals surface area (Å²) in [6.07, 6.45) is 7.49. The number of hydrogen-bond donors (Lipinski definition) is 1. The van der Waals surface area contributed by atoms with Gasteiger partial charge in [-0.2, -0.15) is 5.10 Å². The molecule has 0 amide bonds. The molecule has 3 heteroatoms. The molecule has 0 unspecified atom stereocenters. The Morgan fingerprint density at radius 3 is 2.69 bits per heavy atom. The minimum Gasteiger partial charge on any atom is -0.316 e. The lowest BCUT2D eigenvalue weighted by atomic mass is 9.99. The zero-order chi connectivity index (χ0) is 11.5. The summed E-state index contributed by atoms with van der Waals surface area (Å²) in [6.45, 7) is 5.38. The van der Waals surface area contributed by atoms with Crippen molar-refractivity contribution >= 4 is 0 Å². The third kappa shape index (κ3) is 2.14. The summed E-state index contributed by atoms with van der Waals surface area (Å²) < 4.78 is 2.22. The third-order valence-corrected chi connectivity index (χ3v) is 3.51. The zero-order valence-electron chi connectivity index (χ0n) is 10.7. The lowest BCUT2D eigenvalue weighted by Gasteiger charge is -2.17. The molecule has 1 saturated carbocycles. The van der Waals surface area contributed by atoms with Gasteiger partial charge in [-0.25, -0.2) is 0 Å². The number of nitrogens with zero attached hydrogens (tertiary/aromatic N) is 2. The van der Waals surface area contributed by atoms with Crippen LogP contribution in [0.2, 0.25) is 0 Å². The molecule has 1 fully saturated rings. The Balaban J connectivity index is 2.32. The quantitative estimate of drug-likeness (QED) is 0.847. The van der Waals surface area contributed by atoms with Gasteiger partial charge in [0, 0.05) is 29.8 Å². The fraction of sp³-hybridized carbons (Fsp3) is 0.769. The predicted octanol–water partition coefficient (Wildman–Crippen LogP) is 2.84. The topological polar surface area (TPSA) is 29.9 Å². The first-order valence-corrected chi connectivity index (χ1v) is 6.45. The molecular formula is C13H23N3. The molecule has 1 heterocycles. The Bertz CT molecular complexity index is 335. The van der Waals surface area contributed by atoms with Crippen LogP contribution in [0.15, 0.2) is 6.20 Å². The van der Waals surface area contributed by atoms with Crippen molar-refractivity contribution in [3.05, 3.63) is 17.5 Å². The highest BCUT2D eigenvalue weighted by Gasteiger charge is 2.24. The molecule has 16 heavy (non-hydrogen) atoms. The Kier molecular flexibility index (Phi) is 3.64. The molecule has 1 N–H and O–H groups in total. The Hall–Kier alpha value is -0.830. The van der Waals surface area contributed by atoms with Crippen molar-refractivity contribution in [1.82, 2.24) is 15.1 Å². The van der Waals surface area contributed by atoms with Crippen molar-refractivity contribution in [1.29, 1.82) is 0 Å². The average molecular weight is 221 g/mol. The number of aromatic nitrogens is 2. The molecule has 0 bridgehead atoms. The second-order valence-electron chi connectivity index (χ2n) is 5.11. The fourth-order valence-electron chi connectivity index (χ4n) is 2.79. The molecule has 2 rings (SSSR count). The minimum atomic E-state index is 0.473. The van der Waals surface area contributed by atoms with Crippen LogP contribution in [-0.4, -0.2) is 16.8 Å². The summed E-state index contributed by atoms with van der Waals surface area (Å²) >= 11 is 0. The molecule has 0 atom stereocenters. The Morgan fingerprint density at radius 2 is 2.12 bits per heavy atom. The van der Waals surface area contributed by atoms with E-state index in [0.717, 1.165) is 12.5 Å². The molecule has 1 aromatic heterocycles. The second kappa shape index (κ2) is 5.00. The summed E-state index contributed by atoms with van der Waals surface area (Å²) in [4.78, 5) is 0. The summed E-state index contributed by atoms with van der Waals surface area (Å²) in [5.41, 5.74) is 2.88. The van der Waals surface area contributed by atoms with E-state index in [1.54, 1.807) is 0 Å². The normalized spacial score (nSPS) is 17.5. The van der Waals surface area contributed by atoms with Gasteiger partial charge in [0.25, 0.3) is 0 Å². The van der Waals surface area contributed by atoms with Gasteiger partial charge in [-0.05, 0) is 33.7 Å². The van der Waals surface area contributed by atoms with Gasteiger partial charge in [0.05, 0.1) is 6.20 Å². The van der Waals surface area contributed by atoms with Gasteiger partial charge < -0.3 is 5.32 Å². The number of hydrogen-bond acceptors (Lipinski definition) is 2. The SMILES string of the molecule is CNCc1cnn(C(C)C)c1C1CCCC1. The van der Waals surface area contributed by atoms with E-state index in [-0.39, 0.29) is 0 Å². The van der Waals surface area contributed by atoms with Gasteiger partial charge in [0.2, 0.25) is 0 Å². The lowest BCUT2D eigenvalue weighted by Crippen LogP contribution is -2.14. The summed E-state index contributed by atoms with van der Waals surface area (Å²) in [7, 11) is 2.01. The van der Waals surface area contributed by atoms with Crippen LogP contribution in [0.1, 0.15) is 62.7 Å². The average Bonchev–Trinajstić information content (AvgIpc) is 2.84. The second-order valence-corrected chi connectivity index (χ2v) is 5.11. The number of nitrogens with one attached hydrogen (secondary N) is 1. The largest absolute Gasteiger partial charge is 0.316 e. The van der Waals surface area contributed by atoms with Crippen LogP contribution >= 0.6 is 0 Å². The molecule has 90 valence electrons. The molecule has 0 spiro atoms. The summed E-state index contributed by atoms with van der Waals surface area (Å²) in [6, 6.07) is 0.473. The van der Waals surface area contributed by atoms with Crippen molar-refractivity contribution in [3.8, 4) is 0 Å². The standard InChI is InChI=1S/C13H23N3/c1-10(2)16-13(11-6-4-5-7-11)12(8-14-3)9-15-16/h9-11,14H,4-8H2,1-3H3. The van der Waals surface area contributed by atoms with Gasteiger partial charge in [-0.15, -0.1) is 0 Å². The summed E-state index contributed by atoms with van der Waals surface area (Å²) in [5.74, 6) is 0.744. The van der Waals surface area contributed by atoms with Gasteiger partial charge in [-0.3, -0.25) is 4.68 Å². The Morgan fingerprint density at radius 1 is 1.44 bits per heavy atom. The van der Waals surface area contributed by atoms with E-state index in [4.69, 9.17) is 0 Å². The van der Waals surface area contributed by atoms with Crippen LogP contribution < -0.4 is 5.32 Å². The summed E-state index contributed by atoms with van der Waals surface area (Å²) in [5, 5.41) is 7.80. The molecule has 0 aromatic carbocycles. The lowest BCUT2D eigenvalue weighted by molar-refractivity contribution is 0.482. The molecular weight excluding hydrogens is 198 g/mol. The molecule has 1 aliphatic carbocycles. The monoisotopic (exact) mass is 221 g/mol. The highest BCUT2D eigenvalue weighted by atomic mass is 15.3. The van der Waals surface area contributed by atoms with Gasteiger partial charge >= 0.3 is 0 Å². The molecule has 0 aliphatic heterocycles. The first-order chi connectivity index (χ1) is 7.74. The van der Waals surface area contributed by atoms with Gasteiger partial charge in [0.15, 0.2) is 0 Å². The highest BCUT2D eigenvalue weighted by molar-refractivity contribution is 5.23. The van der Waals surface area contributed by atoms with Crippen LogP contribution in [-0.2, 0) is 6.54 Å². The van der Waals surface area contributed by atoms with E-state index in [2.05, 4.69) is 28.9 Å². The molecule has 0 radical (unpaired) electrons. The van der Waals surface area contributed by atoms with Crippen molar-refractivity contribution < 1.29 is 0 Å². The molecule has 1 aromatic rings. The van der Waals surface area contributed by atoms with E-state index in [9.17, 15) is 0 Å². The number of rotatable bonds is 4. The van der Waals surface area contributed by atoms with Gasteiger partial charge in [0.1, 0.15) is 0 Å². The minimum absolute atomic E-state index is 0.473. The Labute approximate surface area is 98.2 Å².